The van der Waals surface area contributed by atoms with Crippen molar-refractivity contribution in [3.63, 3.8) is 0 Å². The maximum Gasteiger partial charge on any atom is 0.343 e. The van der Waals surface area contributed by atoms with E-state index in [-0.39, 0.29) is 30.0 Å². The van der Waals surface area contributed by atoms with Crippen molar-refractivity contribution in [2.45, 2.75) is 65.8 Å². The minimum Gasteiger partial charge on any atom is -0.462 e. The summed E-state index contributed by atoms with van der Waals surface area (Å²) in [5.41, 5.74) is 2.76. The van der Waals surface area contributed by atoms with Crippen LogP contribution in [0, 0.1) is 11.8 Å². The number of aliphatic imine (C=N–C) groups is 2. The van der Waals surface area contributed by atoms with Crippen LogP contribution in [-0.4, -0.2) is 53.3 Å². The standard InChI is InChI=1S/C31H39N5O3S/c1-7-39-31(38)24-19-35(34-29(24)36(20(2)3)30(37)23-13-11-21(4)12-14-23)28-16-15-27(40-28)26(32-6)18-25-22(5)10-8-9-17-33-25/h8-9,15-21,23H,5,7,10-14H2,1-4,6H3/b25-18+,32-26?. The number of rotatable bonds is 8. The number of thiophene rings is 1. The van der Waals surface area contributed by atoms with E-state index in [0.717, 1.165) is 59.0 Å². The number of esters is 1. The molecule has 1 fully saturated rings. The first-order chi connectivity index (χ1) is 19.2. The summed E-state index contributed by atoms with van der Waals surface area (Å²) in [4.78, 5) is 38.4. The Morgan fingerprint density at radius 2 is 2.02 bits per heavy atom. The summed E-state index contributed by atoms with van der Waals surface area (Å²) in [7, 11) is 1.75. The Hall–Kier alpha value is -3.59. The average Bonchev–Trinajstić information content (AvgIpc) is 3.53. The zero-order chi connectivity index (χ0) is 28.8. The highest BCUT2D eigenvalue weighted by Crippen LogP contribution is 2.33. The molecule has 2 aliphatic rings. The highest BCUT2D eigenvalue weighted by Gasteiger charge is 2.34. The van der Waals surface area contributed by atoms with Gasteiger partial charge < -0.3 is 4.74 Å². The summed E-state index contributed by atoms with van der Waals surface area (Å²) in [6.45, 7) is 12.3. The van der Waals surface area contributed by atoms with Gasteiger partial charge in [0.05, 0.1) is 22.9 Å². The molecule has 0 saturated heterocycles. The first-order valence-electron chi connectivity index (χ1n) is 14.0. The number of ether oxygens (including phenoxy) is 1. The molecule has 9 heteroatoms. The van der Waals surface area contributed by atoms with Gasteiger partial charge in [-0.3, -0.25) is 19.7 Å². The molecular formula is C31H39N5O3S. The second-order valence-electron chi connectivity index (χ2n) is 10.6. The van der Waals surface area contributed by atoms with Gasteiger partial charge in [-0.15, -0.1) is 16.4 Å². The smallest absolute Gasteiger partial charge is 0.343 e. The van der Waals surface area contributed by atoms with Crippen molar-refractivity contribution >= 4 is 41.0 Å². The molecule has 0 aromatic carbocycles. The molecule has 3 heterocycles. The van der Waals surface area contributed by atoms with Gasteiger partial charge in [-0.1, -0.05) is 19.6 Å². The molecule has 2 aromatic rings. The van der Waals surface area contributed by atoms with E-state index in [1.807, 2.05) is 44.2 Å². The summed E-state index contributed by atoms with van der Waals surface area (Å²) in [5, 5.41) is 5.60. The molecule has 1 amide bonds. The lowest BCUT2D eigenvalue weighted by Gasteiger charge is -2.32. The molecular weight excluding hydrogens is 522 g/mol. The molecule has 212 valence electrons. The monoisotopic (exact) mass is 561 g/mol. The van der Waals surface area contributed by atoms with Crippen molar-refractivity contribution in [1.82, 2.24) is 9.78 Å². The summed E-state index contributed by atoms with van der Waals surface area (Å²) in [6.07, 6.45) is 13.8. The van der Waals surface area contributed by atoms with E-state index in [0.29, 0.717) is 11.7 Å². The van der Waals surface area contributed by atoms with Gasteiger partial charge in [0.15, 0.2) is 5.82 Å². The third kappa shape index (κ3) is 6.58. The molecule has 4 rings (SSSR count). The van der Waals surface area contributed by atoms with Crippen molar-refractivity contribution in [3.8, 4) is 5.00 Å². The van der Waals surface area contributed by atoms with E-state index in [1.54, 1.807) is 36.0 Å². The fourth-order valence-electron chi connectivity index (χ4n) is 5.01. The second kappa shape index (κ2) is 13.2. The van der Waals surface area contributed by atoms with Gasteiger partial charge >= 0.3 is 5.97 Å². The van der Waals surface area contributed by atoms with Crippen LogP contribution in [0.15, 0.2) is 64.4 Å². The maximum absolute atomic E-state index is 13.8. The summed E-state index contributed by atoms with van der Waals surface area (Å²) in [6, 6.07) is 3.74. The molecule has 0 bridgehead atoms. The Bertz CT molecular complexity index is 1370. The molecule has 0 unspecified atom stereocenters. The molecule has 0 atom stereocenters. The largest absolute Gasteiger partial charge is 0.462 e. The minimum absolute atomic E-state index is 0.0234. The van der Waals surface area contributed by atoms with Crippen LogP contribution in [0.4, 0.5) is 5.82 Å². The van der Waals surface area contributed by atoms with E-state index in [9.17, 15) is 9.59 Å². The molecule has 1 aliphatic carbocycles. The molecule has 0 N–H and O–H groups in total. The van der Waals surface area contributed by atoms with Crippen LogP contribution in [-0.2, 0) is 9.53 Å². The fourth-order valence-corrected chi connectivity index (χ4v) is 5.95. The summed E-state index contributed by atoms with van der Waals surface area (Å²) < 4.78 is 7.03. The fraction of sp³-hybridized carbons (Fsp3) is 0.452. The number of hydrogen-bond acceptors (Lipinski definition) is 7. The predicted octanol–water partition coefficient (Wildman–Crippen LogP) is 6.57. The van der Waals surface area contributed by atoms with E-state index >= 15 is 0 Å². The van der Waals surface area contributed by atoms with Crippen LogP contribution in [0.3, 0.4) is 0 Å². The van der Waals surface area contributed by atoms with Crippen molar-refractivity contribution in [2.24, 2.45) is 21.8 Å². The first-order valence-corrected chi connectivity index (χ1v) is 14.8. The number of hydrogen-bond donors (Lipinski definition) is 0. The van der Waals surface area contributed by atoms with Crippen LogP contribution < -0.4 is 4.90 Å². The quantitative estimate of drug-likeness (QED) is 0.269. The number of allylic oxidation sites excluding steroid dienone is 4. The number of carbonyl (C=O) groups excluding carboxylic acids is 2. The SMILES string of the molecule is C=C1CC=CC=N/C1=C/C(=NC)c1ccc(-n2cc(C(=O)OCC)c(N(C(=O)C3CCC(C)CC3)C(C)C)n2)s1. The number of nitrogens with zero attached hydrogens (tertiary/aromatic N) is 5. The zero-order valence-electron chi connectivity index (χ0n) is 24.1. The molecule has 40 heavy (non-hydrogen) atoms. The first kappa shape index (κ1) is 29.4. The lowest BCUT2D eigenvalue weighted by atomic mass is 9.82. The number of carbonyl (C=O) groups is 2. The van der Waals surface area contributed by atoms with E-state index in [4.69, 9.17) is 9.84 Å². The van der Waals surface area contributed by atoms with Crippen LogP contribution in [0.1, 0.15) is 75.0 Å². The van der Waals surface area contributed by atoms with Gasteiger partial charge in [-0.05, 0) is 88.7 Å². The van der Waals surface area contributed by atoms with Crippen LogP contribution in [0.5, 0.6) is 0 Å². The lowest BCUT2D eigenvalue weighted by Crippen LogP contribution is -2.43. The topological polar surface area (TPSA) is 89.2 Å². The Morgan fingerprint density at radius 1 is 1.27 bits per heavy atom. The van der Waals surface area contributed by atoms with Crippen molar-refractivity contribution in [1.29, 1.82) is 0 Å². The number of amides is 1. The Balaban J connectivity index is 1.69. The van der Waals surface area contributed by atoms with Gasteiger partial charge in [0, 0.05) is 31.4 Å². The van der Waals surface area contributed by atoms with Crippen molar-refractivity contribution in [2.75, 3.05) is 18.6 Å². The molecule has 1 aliphatic heterocycles. The van der Waals surface area contributed by atoms with Crippen molar-refractivity contribution in [3.05, 3.63) is 64.8 Å². The number of anilines is 1. The van der Waals surface area contributed by atoms with Crippen LogP contribution >= 0.6 is 11.3 Å². The van der Waals surface area contributed by atoms with Gasteiger partial charge in [0.25, 0.3) is 0 Å². The molecule has 8 nitrogen and oxygen atoms in total. The highest BCUT2D eigenvalue weighted by atomic mass is 32.1. The van der Waals surface area contributed by atoms with Gasteiger partial charge in [-0.2, -0.15) is 0 Å². The zero-order valence-corrected chi connectivity index (χ0v) is 24.9. The van der Waals surface area contributed by atoms with Gasteiger partial charge in [-0.25, -0.2) is 9.48 Å². The van der Waals surface area contributed by atoms with Crippen molar-refractivity contribution < 1.29 is 14.3 Å². The summed E-state index contributed by atoms with van der Waals surface area (Å²) in [5.74, 6) is 0.441. The molecule has 0 radical (unpaired) electrons. The normalized spacial score (nSPS) is 20.7. The van der Waals surface area contributed by atoms with E-state index < -0.39 is 5.97 Å². The highest BCUT2D eigenvalue weighted by molar-refractivity contribution is 7.16. The Morgan fingerprint density at radius 3 is 2.70 bits per heavy atom. The maximum atomic E-state index is 13.8. The third-order valence-corrected chi connectivity index (χ3v) is 8.38. The van der Waals surface area contributed by atoms with Crippen LogP contribution in [0.25, 0.3) is 5.00 Å². The lowest BCUT2D eigenvalue weighted by molar-refractivity contribution is -0.124. The summed E-state index contributed by atoms with van der Waals surface area (Å²) >= 11 is 1.49. The molecule has 0 spiro atoms. The van der Waals surface area contributed by atoms with Gasteiger partial charge in [0.1, 0.15) is 10.6 Å². The van der Waals surface area contributed by atoms with Gasteiger partial charge in [0.2, 0.25) is 5.91 Å². The second-order valence-corrected chi connectivity index (χ2v) is 11.6. The van der Waals surface area contributed by atoms with E-state index in [2.05, 4.69) is 23.5 Å². The Labute approximate surface area is 240 Å². The molecule has 1 saturated carbocycles. The molecule has 2 aromatic heterocycles. The average molecular weight is 562 g/mol. The van der Waals surface area contributed by atoms with E-state index in [1.165, 1.54) is 11.3 Å². The Kier molecular flexibility index (Phi) is 9.68. The van der Waals surface area contributed by atoms with Crippen LogP contribution in [0.2, 0.25) is 0 Å². The third-order valence-electron chi connectivity index (χ3n) is 7.28. The number of aromatic nitrogens is 2. The predicted molar refractivity (Wildman–Crippen MR) is 163 cm³/mol. The minimum atomic E-state index is -0.491.